The van der Waals surface area contributed by atoms with Crippen LogP contribution in [0.4, 0.5) is 0 Å². The van der Waals surface area contributed by atoms with Gasteiger partial charge in [0.15, 0.2) is 0 Å². The smallest absolute Gasteiger partial charge is 0.0129 e. The predicted molar refractivity (Wildman–Crippen MR) is 233 cm³/mol. The highest BCUT2D eigenvalue weighted by Crippen LogP contribution is 2.44. The minimum atomic E-state index is 0.283. The summed E-state index contributed by atoms with van der Waals surface area (Å²) in [5.41, 5.74) is 6.01. The Morgan fingerprint density at radius 1 is 0.520 bits per heavy atom. The molecular weight excluding hydrogens is 601 g/mol. The molecule has 2 fully saturated rings. The maximum absolute atomic E-state index is 2.44. The first kappa shape index (κ1) is 51.3. The van der Waals surface area contributed by atoms with Crippen LogP contribution >= 0.6 is 0 Å². The van der Waals surface area contributed by atoms with Gasteiger partial charge in [-0.15, -0.1) is 0 Å². The molecule has 0 amide bonds. The first-order chi connectivity index (χ1) is 22.1. The molecule has 2 saturated carbocycles. The molecule has 0 aromatic heterocycles. The highest BCUT2D eigenvalue weighted by atomic mass is 14.4. The van der Waals surface area contributed by atoms with Gasteiger partial charge < -0.3 is 0 Å². The Hall–Kier alpha value is -0.780. The third-order valence-corrected chi connectivity index (χ3v) is 13.8. The van der Waals surface area contributed by atoms with Crippen molar-refractivity contribution in [3.63, 3.8) is 0 Å². The fraction of sp³-hybridized carbons (Fsp3) is 0.880. The summed E-state index contributed by atoms with van der Waals surface area (Å²) in [5.74, 6) is 3.82. The predicted octanol–water partition coefficient (Wildman–Crippen LogP) is 17.6. The molecule has 298 valence electrons. The van der Waals surface area contributed by atoms with Crippen molar-refractivity contribution >= 4 is 0 Å². The number of rotatable bonds is 1. The molecule has 0 N–H and O–H groups in total. The molecule has 2 aliphatic rings. The lowest BCUT2D eigenvalue weighted by molar-refractivity contribution is 0.0801. The second-order valence-corrected chi connectivity index (χ2v) is 23.5. The molecule has 2 aliphatic carbocycles. The van der Waals surface area contributed by atoms with Crippen molar-refractivity contribution in [3.8, 4) is 0 Å². The average molecular weight is 699 g/mol. The van der Waals surface area contributed by atoms with Crippen LogP contribution in [0.3, 0.4) is 0 Å². The van der Waals surface area contributed by atoms with Crippen LogP contribution in [0, 0.1) is 63.1 Å². The van der Waals surface area contributed by atoms with Crippen LogP contribution in [0.1, 0.15) is 228 Å². The minimum absolute atomic E-state index is 0.283. The third-order valence-electron chi connectivity index (χ3n) is 13.8. The largest absolute Gasteiger partial charge is 0.0649 e. The molecule has 3 atom stereocenters. The van der Waals surface area contributed by atoms with Crippen LogP contribution < -0.4 is 0 Å². The minimum Gasteiger partial charge on any atom is -0.0649 e. The standard InChI is InChI=1S/C12H24.C11H16.C10H20.C9H20.C8H18/c1-9-7-6-8-11(10(9)2)12(3,4)5;1-9-7-5-6-8-10(9)11(2,3)4;1-10(2,3)9-7-5-4-6-8-9;1-7-9(5,6)8(2,3)4;1-7(2,3)8(4,5)6/h9-11H,6-8H2,1-5H3;5-8H,1-4H3;9H,4-8H2,1-3H3;7H2,1-6H3;1-6H3. The maximum Gasteiger partial charge on any atom is -0.0129 e. The summed E-state index contributed by atoms with van der Waals surface area (Å²) in [4.78, 5) is 0. The fourth-order valence-corrected chi connectivity index (χ4v) is 6.72. The third kappa shape index (κ3) is 19.9. The van der Waals surface area contributed by atoms with E-state index < -0.39 is 0 Å². The molecule has 0 bridgehead atoms. The molecule has 50 heavy (non-hydrogen) atoms. The van der Waals surface area contributed by atoms with Gasteiger partial charge in [0, 0.05) is 0 Å². The van der Waals surface area contributed by atoms with Crippen LogP contribution in [0.5, 0.6) is 0 Å². The Morgan fingerprint density at radius 2 is 0.960 bits per heavy atom. The topological polar surface area (TPSA) is 0 Å². The zero-order valence-corrected chi connectivity index (χ0v) is 39.5. The van der Waals surface area contributed by atoms with Crippen molar-refractivity contribution in [2.45, 2.75) is 229 Å². The first-order valence-corrected chi connectivity index (χ1v) is 21.2. The molecule has 0 heterocycles. The fourth-order valence-electron chi connectivity index (χ4n) is 6.72. The normalized spacial score (nSPS) is 21.2. The van der Waals surface area contributed by atoms with Gasteiger partial charge >= 0.3 is 0 Å². The second-order valence-electron chi connectivity index (χ2n) is 23.5. The van der Waals surface area contributed by atoms with E-state index in [1.54, 1.807) is 0 Å². The van der Waals surface area contributed by atoms with Gasteiger partial charge in [-0.3, -0.25) is 0 Å². The monoisotopic (exact) mass is 699 g/mol. The summed E-state index contributed by atoms with van der Waals surface area (Å²) in [6.07, 6.45) is 13.0. The molecule has 0 heteroatoms. The van der Waals surface area contributed by atoms with Gasteiger partial charge in [0.1, 0.15) is 0 Å². The maximum atomic E-state index is 2.44. The van der Waals surface area contributed by atoms with Crippen molar-refractivity contribution in [1.82, 2.24) is 0 Å². The zero-order valence-electron chi connectivity index (χ0n) is 39.5. The van der Waals surface area contributed by atoms with E-state index in [1.165, 1.54) is 68.9 Å². The Labute approximate surface area is 320 Å². The van der Waals surface area contributed by atoms with E-state index in [0.717, 1.165) is 23.7 Å². The van der Waals surface area contributed by atoms with Crippen molar-refractivity contribution in [3.05, 3.63) is 35.4 Å². The first-order valence-electron chi connectivity index (χ1n) is 21.2. The summed E-state index contributed by atoms with van der Waals surface area (Å²) < 4.78 is 0. The van der Waals surface area contributed by atoms with Gasteiger partial charge in [-0.25, -0.2) is 0 Å². The van der Waals surface area contributed by atoms with Gasteiger partial charge in [0.25, 0.3) is 0 Å². The molecule has 0 radical (unpaired) electrons. The van der Waals surface area contributed by atoms with Crippen LogP contribution in [-0.4, -0.2) is 0 Å². The van der Waals surface area contributed by atoms with E-state index in [9.17, 15) is 0 Å². The summed E-state index contributed by atoms with van der Waals surface area (Å²) in [5, 5.41) is 0. The SMILES string of the molecule is CC(C)(C)C(C)(C)C.CC(C)(C)C1CCCCC1.CC1CCCC(C(C)(C)C)C1C.CCC(C)(C)C(C)(C)C.Cc1ccccc1C(C)(C)C. The summed E-state index contributed by atoms with van der Waals surface area (Å²) in [6, 6.07) is 8.56. The molecule has 3 rings (SSSR count). The molecular formula is C50H98. The average Bonchev–Trinajstić information content (AvgIpc) is 2.93. The highest BCUT2D eigenvalue weighted by molar-refractivity contribution is 5.31. The lowest BCUT2D eigenvalue weighted by Crippen LogP contribution is -2.33. The van der Waals surface area contributed by atoms with Crippen LogP contribution in [0.15, 0.2) is 24.3 Å². The van der Waals surface area contributed by atoms with E-state index in [1.807, 2.05) is 0 Å². The quantitative estimate of drug-likeness (QED) is 0.274. The summed E-state index contributed by atoms with van der Waals surface area (Å²) >= 11 is 0. The second kappa shape index (κ2) is 20.6. The van der Waals surface area contributed by atoms with E-state index in [2.05, 4.69) is 190 Å². The van der Waals surface area contributed by atoms with Crippen LogP contribution in [0.2, 0.25) is 0 Å². The van der Waals surface area contributed by atoms with E-state index >= 15 is 0 Å². The van der Waals surface area contributed by atoms with Crippen molar-refractivity contribution in [2.75, 3.05) is 0 Å². The molecule has 1 aromatic rings. The van der Waals surface area contributed by atoms with Gasteiger partial charge in [0.2, 0.25) is 0 Å². The van der Waals surface area contributed by atoms with Crippen molar-refractivity contribution < 1.29 is 0 Å². The van der Waals surface area contributed by atoms with E-state index in [-0.39, 0.29) is 5.41 Å². The summed E-state index contributed by atoms with van der Waals surface area (Å²) in [6.45, 7) is 55.5. The Morgan fingerprint density at radius 3 is 1.20 bits per heavy atom. The van der Waals surface area contributed by atoms with Gasteiger partial charge in [-0.2, -0.15) is 0 Å². The van der Waals surface area contributed by atoms with E-state index in [0.29, 0.717) is 32.5 Å². The molecule has 0 nitrogen and oxygen atoms in total. The molecule has 3 unspecified atom stereocenters. The molecule has 0 aliphatic heterocycles. The Kier molecular flexibility index (Phi) is 21.2. The van der Waals surface area contributed by atoms with Crippen molar-refractivity contribution in [2.24, 2.45) is 56.2 Å². The zero-order chi connectivity index (χ0) is 40.2. The van der Waals surface area contributed by atoms with Crippen LogP contribution in [0.25, 0.3) is 0 Å². The lowest BCUT2D eigenvalue weighted by Gasteiger charge is -2.42. The van der Waals surface area contributed by atoms with Gasteiger partial charge in [-0.1, -0.05) is 222 Å². The van der Waals surface area contributed by atoms with Gasteiger partial charge in [0.05, 0.1) is 0 Å². The molecule has 1 aromatic carbocycles. The molecule has 0 saturated heterocycles. The Bertz CT molecular complexity index is 990. The van der Waals surface area contributed by atoms with Crippen molar-refractivity contribution in [1.29, 1.82) is 0 Å². The van der Waals surface area contributed by atoms with Gasteiger partial charge in [-0.05, 0) is 98.9 Å². The number of hydrogen-bond acceptors (Lipinski definition) is 0. The van der Waals surface area contributed by atoms with Crippen LogP contribution in [-0.2, 0) is 5.41 Å². The molecule has 0 spiro atoms. The Balaban J connectivity index is 0. The van der Waals surface area contributed by atoms with E-state index in [4.69, 9.17) is 0 Å². The highest BCUT2D eigenvalue weighted by Gasteiger charge is 2.35. The lowest BCUT2D eigenvalue weighted by atomic mass is 9.64. The summed E-state index contributed by atoms with van der Waals surface area (Å²) in [7, 11) is 0. The number of hydrogen-bond donors (Lipinski definition) is 0. The number of benzene rings is 1. The number of aryl methyl sites for hydroxylation is 1.